The van der Waals surface area contributed by atoms with Crippen LogP contribution in [-0.2, 0) is 9.84 Å². The van der Waals surface area contributed by atoms with Crippen LogP contribution in [0.3, 0.4) is 0 Å². The van der Waals surface area contributed by atoms with Crippen molar-refractivity contribution in [3.63, 3.8) is 0 Å². The van der Waals surface area contributed by atoms with E-state index in [4.69, 9.17) is 11.6 Å². The second kappa shape index (κ2) is 6.65. The van der Waals surface area contributed by atoms with Crippen molar-refractivity contribution in [3.05, 3.63) is 24.3 Å². The van der Waals surface area contributed by atoms with Gasteiger partial charge >= 0.3 is 0 Å². The third-order valence-corrected chi connectivity index (χ3v) is 5.26. The first kappa shape index (κ1) is 15.4. The number of nitrogens with zero attached hydrogens (tertiary/aromatic N) is 1. The van der Waals surface area contributed by atoms with E-state index in [1.54, 1.807) is 0 Å². The van der Waals surface area contributed by atoms with Crippen molar-refractivity contribution in [2.45, 2.75) is 6.10 Å². The van der Waals surface area contributed by atoms with E-state index in [0.29, 0.717) is 19.6 Å². The molecule has 1 unspecified atom stereocenters. The Hall–Kier alpha value is -0.980. The van der Waals surface area contributed by atoms with Gasteiger partial charge in [-0.2, -0.15) is 0 Å². The van der Waals surface area contributed by atoms with Crippen LogP contribution in [0.25, 0.3) is 0 Å². The van der Waals surface area contributed by atoms with Gasteiger partial charge in [0.25, 0.3) is 0 Å². The maximum absolute atomic E-state index is 11.4. The molecular weight excluding hydrogens is 300 g/mol. The quantitative estimate of drug-likeness (QED) is 0.791. The van der Waals surface area contributed by atoms with Gasteiger partial charge in [-0.05, 0) is 24.3 Å². The highest BCUT2D eigenvalue weighted by molar-refractivity contribution is 7.91. The van der Waals surface area contributed by atoms with E-state index in [0.717, 1.165) is 11.4 Å². The summed E-state index contributed by atoms with van der Waals surface area (Å²) in [5, 5.41) is 12.5. The Balaban J connectivity index is 1.92. The molecule has 1 saturated heterocycles. The number of hydrogen-bond acceptors (Lipinski definition) is 5. The molecule has 7 heteroatoms. The van der Waals surface area contributed by atoms with Gasteiger partial charge in [0.05, 0.1) is 23.5 Å². The summed E-state index contributed by atoms with van der Waals surface area (Å²) in [6.07, 6.45) is -0.566. The molecule has 0 aliphatic carbocycles. The molecular formula is C13H19ClN2O3S. The molecule has 20 heavy (non-hydrogen) atoms. The molecule has 1 aliphatic rings. The van der Waals surface area contributed by atoms with Crippen molar-refractivity contribution in [2.24, 2.45) is 0 Å². The van der Waals surface area contributed by atoms with Crippen LogP contribution in [-0.4, -0.2) is 56.6 Å². The molecule has 0 amide bonds. The first-order valence-electron chi connectivity index (χ1n) is 6.53. The average Bonchev–Trinajstić information content (AvgIpc) is 2.45. The van der Waals surface area contributed by atoms with Crippen molar-refractivity contribution in [2.75, 3.05) is 47.2 Å². The Bertz CT molecular complexity index is 519. The average molecular weight is 319 g/mol. The Morgan fingerprint density at radius 2 is 1.85 bits per heavy atom. The predicted octanol–water partition coefficient (Wildman–Crippen LogP) is 0.933. The molecule has 0 bridgehead atoms. The molecule has 0 spiro atoms. The minimum Gasteiger partial charge on any atom is -0.390 e. The number of benzene rings is 1. The maximum Gasteiger partial charge on any atom is 0.153 e. The first-order chi connectivity index (χ1) is 9.50. The molecule has 1 aromatic carbocycles. The Morgan fingerprint density at radius 1 is 1.25 bits per heavy atom. The van der Waals surface area contributed by atoms with Gasteiger partial charge < -0.3 is 15.3 Å². The molecule has 0 aromatic heterocycles. The number of alkyl halides is 1. The number of aliphatic hydroxyl groups is 1. The molecule has 2 rings (SSSR count). The van der Waals surface area contributed by atoms with E-state index < -0.39 is 15.9 Å². The molecule has 0 saturated carbocycles. The molecule has 5 nitrogen and oxygen atoms in total. The number of rotatable bonds is 5. The Labute approximate surface area is 124 Å². The van der Waals surface area contributed by atoms with E-state index in [9.17, 15) is 13.5 Å². The summed E-state index contributed by atoms with van der Waals surface area (Å²) in [6.45, 7) is 1.49. The van der Waals surface area contributed by atoms with E-state index in [-0.39, 0.29) is 17.4 Å². The van der Waals surface area contributed by atoms with E-state index in [2.05, 4.69) is 10.2 Å². The molecule has 2 N–H and O–H groups in total. The summed E-state index contributed by atoms with van der Waals surface area (Å²) < 4.78 is 22.8. The third kappa shape index (κ3) is 4.26. The second-order valence-corrected chi connectivity index (χ2v) is 7.49. The van der Waals surface area contributed by atoms with Crippen LogP contribution in [0.5, 0.6) is 0 Å². The largest absolute Gasteiger partial charge is 0.390 e. The van der Waals surface area contributed by atoms with Crippen molar-refractivity contribution in [1.82, 2.24) is 0 Å². The van der Waals surface area contributed by atoms with Gasteiger partial charge in [-0.1, -0.05) is 0 Å². The van der Waals surface area contributed by atoms with Gasteiger partial charge in [0.15, 0.2) is 9.84 Å². The van der Waals surface area contributed by atoms with Crippen LogP contribution in [0.2, 0.25) is 0 Å². The zero-order chi connectivity index (χ0) is 14.6. The van der Waals surface area contributed by atoms with Crippen molar-refractivity contribution < 1.29 is 13.5 Å². The summed E-state index contributed by atoms with van der Waals surface area (Å²) in [4.78, 5) is 2.07. The van der Waals surface area contributed by atoms with Crippen LogP contribution in [0.15, 0.2) is 24.3 Å². The van der Waals surface area contributed by atoms with Crippen LogP contribution in [0.4, 0.5) is 11.4 Å². The smallest absolute Gasteiger partial charge is 0.153 e. The van der Waals surface area contributed by atoms with Crippen LogP contribution in [0.1, 0.15) is 0 Å². The lowest BCUT2D eigenvalue weighted by molar-refractivity contribution is 0.211. The maximum atomic E-state index is 11.4. The number of halogens is 1. The van der Waals surface area contributed by atoms with Gasteiger partial charge in [0, 0.05) is 31.0 Å². The summed E-state index contributed by atoms with van der Waals surface area (Å²) >= 11 is 5.52. The minimum absolute atomic E-state index is 0.202. The van der Waals surface area contributed by atoms with E-state index in [1.807, 2.05) is 24.3 Å². The van der Waals surface area contributed by atoms with E-state index in [1.165, 1.54) is 0 Å². The Morgan fingerprint density at radius 3 is 2.40 bits per heavy atom. The van der Waals surface area contributed by atoms with Crippen LogP contribution in [0, 0.1) is 0 Å². The minimum atomic E-state index is -2.85. The van der Waals surface area contributed by atoms with Gasteiger partial charge in [-0.25, -0.2) is 8.42 Å². The highest BCUT2D eigenvalue weighted by Crippen LogP contribution is 2.20. The standard InChI is InChI=1S/C13H19ClN2O3S/c14-9-13(17)10-15-11-1-3-12(4-2-11)16-5-7-20(18,19)8-6-16/h1-4,13,15,17H,5-10H2. The molecule has 1 heterocycles. The van der Waals surface area contributed by atoms with Gasteiger partial charge in [-0.15, -0.1) is 11.6 Å². The molecule has 1 fully saturated rings. The number of hydrogen-bond donors (Lipinski definition) is 2. The summed E-state index contributed by atoms with van der Waals surface area (Å²) in [6, 6.07) is 7.74. The third-order valence-electron chi connectivity index (χ3n) is 3.30. The summed E-state index contributed by atoms with van der Waals surface area (Å²) in [7, 11) is -2.85. The predicted molar refractivity (Wildman–Crippen MR) is 82.5 cm³/mol. The molecule has 1 atom stereocenters. The van der Waals surface area contributed by atoms with E-state index >= 15 is 0 Å². The topological polar surface area (TPSA) is 69.6 Å². The zero-order valence-electron chi connectivity index (χ0n) is 11.1. The second-order valence-electron chi connectivity index (χ2n) is 4.87. The number of sulfone groups is 1. The number of nitrogens with one attached hydrogen (secondary N) is 1. The summed E-state index contributed by atoms with van der Waals surface area (Å²) in [5.74, 6) is 0.636. The van der Waals surface area contributed by atoms with Crippen molar-refractivity contribution in [1.29, 1.82) is 0 Å². The van der Waals surface area contributed by atoms with Gasteiger partial charge in [0.2, 0.25) is 0 Å². The lowest BCUT2D eigenvalue weighted by atomic mass is 10.2. The monoisotopic (exact) mass is 318 g/mol. The van der Waals surface area contributed by atoms with Gasteiger partial charge in [0.1, 0.15) is 0 Å². The SMILES string of the molecule is O=S1(=O)CCN(c2ccc(NCC(O)CCl)cc2)CC1. The van der Waals surface area contributed by atoms with Crippen LogP contribution < -0.4 is 10.2 Å². The zero-order valence-corrected chi connectivity index (χ0v) is 12.7. The highest BCUT2D eigenvalue weighted by Gasteiger charge is 2.21. The van der Waals surface area contributed by atoms with Gasteiger partial charge in [-0.3, -0.25) is 0 Å². The molecule has 0 radical (unpaired) electrons. The fraction of sp³-hybridized carbons (Fsp3) is 0.538. The van der Waals surface area contributed by atoms with Crippen molar-refractivity contribution >= 4 is 32.8 Å². The Kier molecular flexibility index (Phi) is 5.12. The molecule has 1 aromatic rings. The molecule has 1 aliphatic heterocycles. The van der Waals surface area contributed by atoms with Crippen molar-refractivity contribution in [3.8, 4) is 0 Å². The normalized spacial score (nSPS) is 19.6. The lowest BCUT2D eigenvalue weighted by Gasteiger charge is -2.28. The summed E-state index contributed by atoms with van der Waals surface area (Å²) in [5.41, 5.74) is 1.92. The first-order valence-corrected chi connectivity index (χ1v) is 8.89. The highest BCUT2D eigenvalue weighted by atomic mass is 35.5. The lowest BCUT2D eigenvalue weighted by Crippen LogP contribution is -2.40. The molecule has 112 valence electrons. The fourth-order valence-corrected chi connectivity index (χ4v) is 3.36. The fourth-order valence-electron chi connectivity index (χ4n) is 2.05. The number of aliphatic hydroxyl groups excluding tert-OH is 1. The van der Waals surface area contributed by atoms with Crippen LogP contribution >= 0.6 is 11.6 Å². The number of anilines is 2.